The van der Waals surface area contributed by atoms with Crippen LogP contribution in [-0.2, 0) is 9.53 Å². The Labute approximate surface area is 156 Å². The van der Waals surface area contributed by atoms with Gasteiger partial charge in [-0.25, -0.2) is 4.98 Å². The maximum absolute atomic E-state index is 13.0. The maximum Gasteiger partial charge on any atom is 0.243 e. The van der Waals surface area contributed by atoms with E-state index in [1.807, 2.05) is 12.3 Å². The van der Waals surface area contributed by atoms with Gasteiger partial charge in [-0.3, -0.25) is 9.69 Å². The summed E-state index contributed by atoms with van der Waals surface area (Å²) >= 11 is 0. The Hall–Kier alpha value is -1.66. The lowest BCUT2D eigenvalue weighted by atomic mass is 9.99. The van der Waals surface area contributed by atoms with Gasteiger partial charge in [0, 0.05) is 26.2 Å². The van der Waals surface area contributed by atoms with E-state index in [2.05, 4.69) is 53.9 Å². The number of hydrogen-bond acceptors (Lipinski definition) is 5. The van der Waals surface area contributed by atoms with E-state index in [0.29, 0.717) is 5.82 Å². The van der Waals surface area contributed by atoms with Gasteiger partial charge in [-0.15, -0.1) is 0 Å². The molecule has 3 rings (SSSR count). The minimum absolute atomic E-state index is 0.0164. The summed E-state index contributed by atoms with van der Waals surface area (Å²) in [4.78, 5) is 22.0. The number of amides is 1. The molecule has 1 aromatic heterocycles. The molecule has 2 fully saturated rings. The number of aromatic nitrogens is 1. The van der Waals surface area contributed by atoms with Crippen LogP contribution in [0.3, 0.4) is 0 Å². The first kappa shape index (κ1) is 19.1. The molecular weight excluding hydrogens is 328 g/mol. The molecule has 0 bridgehead atoms. The van der Waals surface area contributed by atoms with Crippen molar-refractivity contribution in [3.05, 3.63) is 18.3 Å². The number of ether oxygens (including phenoxy) is 1. The standard InChI is InChI=1S/C20H32N4O2/c1-14(2)19(24-12-15(3)26-16(4)13-24)20(25)22-18-8-7-17(11-21-18)23-9-5-6-10-23/h7-8,11,14-16,19H,5-6,9-10,12-13H2,1-4H3,(H,21,22,25). The lowest BCUT2D eigenvalue weighted by molar-refractivity contribution is -0.130. The van der Waals surface area contributed by atoms with E-state index >= 15 is 0 Å². The average Bonchev–Trinajstić information content (AvgIpc) is 3.08. The van der Waals surface area contributed by atoms with E-state index < -0.39 is 0 Å². The monoisotopic (exact) mass is 360 g/mol. The van der Waals surface area contributed by atoms with Crippen LogP contribution in [0.25, 0.3) is 0 Å². The molecule has 26 heavy (non-hydrogen) atoms. The van der Waals surface area contributed by atoms with Gasteiger partial charge < -0.3 is 15.0 Å². The van der Waals surface area contributed by atoms with Crippen LogP contribution in [0.4, 0.5) is 11.5 Å². The molecule has 6 nitrogen and oxygen atoms in total. The number of nitrogens with one attached hydrogen (secondary N) is 1. The van der Waals surface area contributed by atoms with E-state index in [4.69, 9.17) is 4.74 Å². The predicted octanol–water partition coefficient (Wildman–Crippen LogP) is 2.75. The number of rotatable bonds is 5. The van der Waals surface area contributed by atoms with Crippen LogP contribution in [0, 0.1) is 5.92 Å². The number of hydrogen-bond donors (Lipinski definition) is 1. The number of carbonyl (C=O) groups is 1. The maximum atomic E-state index is 13.0. The second-order valence-corrected chi connectivity index (χ2v) is 7.99. The third kappa shape index (κ3) is 4.54. The normalized spacial score (nSPS) is 25.5. The molecule has 3 unspecified atom stereocenters. The van der Waals surface area contributed by atoms with Gasteiger partial charge >= 0.3 is 0 Å². The molecule has 3 atom stereocenters. The van der Waals surface area contributed by atoms with Gasteiger partial charge in [-0.1, -0.05) is 13.8 Å². The van der Waals surface area contributed by atoms with Gasteiger partial charge in [-0.05, 0) is 44.7 Å². The number of nitrogens with zero attached hydrogens (tertiary/aromatic N) is 3. The van der Waals surface area contributed by atoms with Gasteiger partial charge in [-0.2, -0.15) is 0 Å². The van der Waals surface area contributed by atoms with Crippen LogP contribution >= 0.6 is 0 Å². The number of anilines is 2. The van der Waals surface area contributed by atoms with Crippen molar-refractivity contribution in [1.29, 1.82) is 0 Å². The Morgan fingerprint density at radius 1 is 1.19 bits per heavy atom. The van der Waals surface area contributed by atoms with Gasteiger partial charge in [0.2, 0.25) is 5.91 Å². The molecular formula is C20H32N4O2. The van der Waals surface area contributed by atoms with Crippen molar-refractivity contribution in [3.8, 4) is 0 Å². The summed E-state index contributed by atoms with van der Waals surface area (Å²) in [7, 11) is 0. The van der Waals surface area contributed by atoms with Crippen LogP contribution < -0.4 is 10.2 Å². The van der Waals surface area contributed by atoms with Crippen LogP contribution in [0.1, 0.15) is 40.5 Å². The Balaban J connectivity index is 1.66. The molecule has 1 amide bonds. The SMILES string of the molecule is CC1CN(C(C(=O)Nc2ccc(N3CCCC3)cn2)C(C)C)CC(C)O1. The molecule has 1 N–H and O–H groups in total. The zero-order chi connectivity index (χ0) is 18.7. The minimum Gasteiger partial charge on any atom is -0.373 e. The summed E-state index contributed by atoms with van der Waals surface area (Å²) in [6.45, 7) is 12.1. The summed E-state index contributed by atoms with van der Waals surface area (Å²) in [6.07, 6.45) is 4.64. The van der Waals surface area contributed by atoms with Gasteiger partial charge in [0.05, 0.1) is 30.1 Å². The predicted molar refractivity (Wildman–Crippen MR) is 105 cm³/mol. The van der Waals surface area contributed by atoms with Crippen molar-refractivity contribution in [3.63, 3.8) is 0 Å². The molecule has 0 radical (unpaired) electrons. The van der Waals surface area contributed by atoms with Crippen LogP contribution in [0.15, 0.2) is 18.3 Å². The highest BCUT2D eigenvalue weighted by Crippen LogP contribution is 2.22. The first-order valence-corrected chi connectivity index (χ1v) is 9.85. The van der Waals surface area contributed by atoms with Crippen molar-refractivity contribution >= 4 is 17.4 Å². The van der Waals surface area contributed by atoms with E-state index in [1.54, 1.807) is 0 Å². The van der Waals surface area contributed by atoms with Crippen molar-refractivity contribution < 1.29 is 9.53 Å². The molecule has 0 aromatic carbocycles. The highest BCUT2D eigenvalue weighted by molar-refractivity contribution is 5.94. The molecule has 2 saturated heterocycles. The van der Waals surface area contributed by atoms with E-state index in [-0.39, 0.29) is 30.1 Å². The molecule has 0 aliphatic carbocycles. The molecule has 2 aliphatic heterocycles. The van der Waals surface area contributed by atoms with Crippen molar-refractivity contribution in [2.24, 2.45) is 5.92 Å². The fraction of sp³-hybridized carbons (Fsp3) is 0.700. The van der Waals surface area contributed by atoms with Gasteiger partial charge in [0.15, 0.2) is 0 Å². The summed E-state index contributed by atoms with van der Waals surface area (Å²) in [5, 5.41) is 3.02. The fourth-order valence-electron chi connectivity index (χ4n) is 4.16. The Morgan fingerprint density at radius 2 is 1.85 bits per heavy atom. The average molecular weight is 361 g/mol. The first-order valence-electron chi connectivity index (χ1n) is 9.85. The largest absolute Gasteiger partial charge is 0.373 e. The second kappa shape index (κ2) is 8.35. The first-order chi connectivity index (χ1) is 12.4. The van der Waals surface area contributed by atoms with E-state index in [9.17, 15) is 4.79 Å². The highest BCUT2D eigenvalue weighted by atomic mass is 16.5. The number of pyridine rings is 1. The summed E-state index contributed by atoms with van der Waals surface area (Å²) in [5.74, 6) is 0.858. The van der Waals surface area contributed by atoms with Gasteiger partial charge in [0.1, 0.15) is 5.82 Å². The second-order valence-electron chi connectivity index (χ2n) is 7.99. The fourth-order valence-corrected chi connectivity index (χ4v) is 4.16. The van der Waals surface area contributed by atoms with Crippen LogP contribution in [-0.4, -0.2) is 60.2 Å². The van der Waals surface area contributed by atoms with Crippen LogP contribution in [0.5, 0.6) is 0 Å². The number of carbonyl (C=O) groups excluding carboxylic acids is 1. The molecule has 144 valence electrons. The highest BCUT2D eigenvalue weighted by Gasteiger charge is 2.34. The quantitative estimate of drug-likeness (QED) is 0.875. The Kier molecular flexibility index (Phi) is 6.14. The van der Waals surface area contributed by atoms with Crippen molar-refractivity contribution in [2.75, 3.05) is 36.4 Å². The van der Waals surface area contributed by atoms with Crippen LogP contribution in [0.2, 0.25) is 0 Å². The molecule has 1 aromatic rings. The van der Waals surface area contributed by atoms with E-state index in [1.165, 1.54) is 12.8 Å². The topological polar surface area (TPSA) is 57.7 Å². The molecule has 6 heteroatoms. The van der Waals surface area contributed by atoms with Gasteiger partial charge in [0.25, 0.3) is 0 Å². The third-order valence-corrected chi connectivity index (χ3v) is 5.21. The minimum atomic E-state index is -0.177. The number of morpholine rings is 1. The summed E-state index contributed by atoms with van der Waals surface area (Å²) in [6, 6.07) is 3.79. The summed E-state index contributed by atoms with van der Waals surface area (Å²) < 4.78 is 5.82. The zero-order valence-electron chi connectivity index (χ0n) is 16.4. The van der Waals surface area contributed by atoms with Crippen molar-refractivity contribution in [2.45, 2.75) is 58.8 Å². The zero-order valence-corrected chi connectivity index (χ0v) is 16.4. The lowest BCUT2D eigenvalue weighted by Crippen LogP contribution is -2.55. The van der Waals surface area contributed by atoms with E-state index in [0.717, 1.165) is 31.9 Å². The molecule has 0 spiro atoms. The molecule has 2 aliphatic rings. The smallest absolute Gasteiger partial charge is 0.243 e. The van der Waals surface area contributed by atoms with Crippen molar-refractivity contribution in [1.82, 2.24) is 9.88 Å². The molecule has 3 heterocycles. The Bertz CT molecular complexity index is 588. The molecule has 0 saturated carbocycles. The summed E-state index contributed by atoms with van der Waals surface area (Å²) in [5.41, 5.74) is 1.14. The third-order valence-electron chi connectivity index (χ3n) is 5.21. The Morgan fingerprint density at radius 3 is 2.38 bits per heavy atom. The lowest BCUT2D eigenvalue weighted by Gasteiger charge is -2.40.